The fourth-order valence-electron chi connectivity index (χ4n) is 1.05. The molecule has 1 aromatic rings. The molecule has 76 valence electrons. The Morgan fingerprint density at radius 2 is 2.14 bits per heavy atom. The molecule has 0 aliphatic carbocycles. The van der Waals surface area contributed by atoms with Crippen LogP contribution in [0, 0.1) is 10.1 Å². The Hall–Kier alpha value is -0.610. The first-order valence-electron chi connectivity index (χ1n) is 4.00. The SMILES string of the molecule is CC(Br)(Cc1ccccc1Cl)[N+](=O)[O-]. The topological polar surface area (TPSA) is 43.1 Å². The van der Waals surface area contributed by atoms with E-state index >= 15 is 0 Å². The lowest BCUT2D eigenvalue weighted by molar-refractivity contribution is -0.530. The Labute approximate surface area is 95.4 Å². The quantitative estimate of drug-likeness (QED) is 0.368. The number of alkyl halides is 1. The van der Waals surface area contributed by atoms with E-state index in [-0.39, 0.29) is 11.3 Å². The normalized spacial score (nSPS) is 14.8. The minimum absolute atomic E-state index is 0.264. The predicted octanol–water partition coefficient (Wildman–Crippen LogP) is 3.27. The third-order valence-electron chi connectivity index (χ3n) is 1.85. The van der Waals surface area contributed by atoms with Gasteiger partial charge in [0.1, 0.15) is 0 Å². The van der Waals surface area contributed by atoms with Gasteiger partial charge in [0.2, 0.25) is 0 Å². The molecule has 0 saturated heterocycles. The van der Waals surface area contributed by atoms with E-state index in [0.717, 1.165) is 5.56 Å². The highest BCUT2D eigenvalue weighted by molar-refractivity contribution is 9.10. The van der Waals surface area contributed by atoms with Crippen LogP contribution in [-0.2, 0) is 6.42 Å². The Morgan fingerprint density at radius 3 is 2.64 bits per heavy atom. The predicted molar refractivity (Wildman–Crippen MR) is 59.5 cm³/mol. The third kappa shape index (κ3) is 2.69. The number of rotatable bonds is 3. The third-order valence-corrected chi connectivity index (χ3v) is 2.79. The van der Waals surface area contributed by atoms with Gasteiger partial charge >= 0.3 is 0 Å². The van der Waals surface area contributed by atoms with Crippen LogP contribution >= 0.6 is 27.5 Å². The van der Waals surface area contributed by atoms with E-state index in [9.17, 15) is 10.1 Å². The lowest BCUT2D eigenvalue weighted by Crippen LogP contribution is -2.29. The van der Waals surface area contributed by atoms with Crippen LogP contribution in [0.5, 0.6) is 0 Å². The Balaban J connectivity index is 2.89. The summed E-state index contributed by atoms with van der Waals surface area (Å²) in [6, 6.07) is 7.11. The van der Waals surface area contributed by atoms with Crippen molar-refractivity contribution >= 4 is 27.5 Å². The van der Waals surface area contributed by atoms with Crippen LogP contribution in [0.1, 0.15) is 12.5 Å². The van der Waals surface area contributed by atoms with Gasteiger partial charge in [-0.2, -0.15) is 0 Å². The van der Waals surface area contributed by atoms with Crippen molar-refractivity contribution in [3.05, 3.63) is 45.0 Å². The molecule has 0 heterocycles. The van der Waals surface area contributed by atoms with Crippen molar-refractivity contribution in [1.82, 2.24) is 0 Å². The van der Waals surface area contributed by atoms with Crippen LogP contribution in [0.15, 0.2) is 24.3 Å². The van der Waals surface area contributed by atoms with Crippen molar-refractivity contribution in [2.75, 3.05) is 0 Å². The van der Waals surface area contributed by atoms with Crippen LogP contribution < -0.4 is 0 Å². The second kappa shape index (κ2) is 4.28. The molecule has 1 atom stereocenters. The van der Waals surface area contributed by atoms with E-state index in [0.29, 0.717) is 5.02 Å². The van der Waals surface area contributed by atoms with Gasteiger partial charge in [0.05, 0.1) is 6.42 Å². The van der Waals surface area contributed by atoms with E-state index in [1.807, 2.05) is 6.07 Å². The molecule has 14 heavy (non-hydrogen) atoms. The van der Waals surface area contributed by atoms with E-state index in [4.69, 9.17) is 11.6 Å². The highest BCUT2D eigenvalue weighted by atomic mass is 79.9. The first-order chi connectivity index (χ1) is 6.43. The number of hydrogen-bond donors (Lipinski definition) is 0. The molecular weight excluding hydrogens is 269 g/mol. The maximum atomic E-state index is 10.7. The summed E-state index contributed by atoms with van der Waals surface area (Å²) in [4.78, 5) is 10.3. The number of hydrogen-bond acceptors (Lipinski definition) is 2. The zero-order valence-corrected chi connectivity index (χ0v) is 9.88. The van der Waals surface area contributed by atoms with Crippen LogP contribution in [0.4, 0.5) is 0 Å². The zero-order chi connectivity index (χ0) is 10.8. The molecule has 0 N–H and O–H groups in total. The standard InChI is InChI=1S/C9H9BrClNO2/c1-9(10,12(13)14)6-7-4-2-3-5-8(7)11/h2-5H,6H2,1H3. The van der Waals surface area contributed by atoms with Gasteiger partial charge in [-0.1, -0.05) is 29.8 Å². The van der Waals surface area contributed by atoms with Gasteiger partial charge in [0.25, 0.3) is 4.45 Å². The molecule has 0 aliphatic rings. The van der Waals surface area contributed by atoms with Crippen molar-refractivity contribution in [3.63, 3.8) is 0 Å². The average molecular weight is 279 g/mol. The number of nitro groups is 1. The molecule has 3 nitrogen and oxygen atoms in total. The molecule has 0 bridgehead atoms. The highest BCUT2D eigenvalue weighted by Gasteiger charge is 2.33. The molecule has 0 aromatic heterocycles. The summed E-state index contributed by atoms with van der Waals surface area (Å²) in [6.07, 6.45) is 0.264. The fourth-order valence-corrected chi connectivity index (χ4v) is 1.56. The van der Waals surface area contributed by atoms with Gasteiger partial charge in [-0.25, -0.2) is 0 Å². The molecule has 0 aliphatic heterocycles. The maximum Gasteiger partial charge on any atom is 0.275 e. The number of benzene rings is 1. The van der Waals surface area contributed by atoms with Gasteiger partial charge in [-0.05, 0) is 11.6 Å². The molecule has 1 rings (SSSR count). The second-order valence-corrected chi connectivity index (χ2v) is 5.28. The Morgan fingerprint density at radius 1 is 1.57 bits per heavy atom. The van der Waals surface area contributed by atoms with Crippen molar-refractivity contribution in [3.8, 4) is 0 Å². The summed E-state index contributed by atoms with van der Waals surface area (Å²) >= 11 is 8.95. The van der Waals surface area contributed by atoms with Gasteiger partial charge in [-0.3, -0.25) is 10.1 Å². The van der Waals surface area contributed by atoms with Crippen molar-refractivity contribution in [2.24, 2.45) is 0 Å². The lowest BCUT2D eigenvalue weighted by atomic mass is 10.1. The summed E-state index contributed by atoms with van der Waals surface area (Å²) in [5.74, 6) is 0. The van der Waals surface area contributed by atoms with Gasteiger partial charge in [-0.15, -0.1) is 0 Å². The van der Waals surface area contributed by atoms with Crippen LogP contribution in [0.25, 0.3) is 0 Å². The molecule has 1 unspecified atom stereocenters. The second-order valence-electron chi connectivity index (χ2n) is 3.17. The molecule has 0 saturated carbocycles. The van der Waals surface area contributed by atoms with E-state index in [1.54, 1.807) is 18.2 Å². The van der Waals surface area contributed by atoms with Crippen molar-refractivity contribution < 1.29 is 4.92 Å². The van der Waals surface area contributed by atoms with E-state index in [1.165, 1.54) is 6.92 Å². The molecule has 5 heteroatoms. The minimum Gasteiger partial charge on any atom is -0.263 e. The molecule has 0 spiro atoms. The average Bonchev–Trinajstić information content (AvgIpc) is 2.08. The van der Waals surface area contributed by atoms with E-state index in [2.05, 4.69) is 15.9 Å². The Bertz CT molecular complexity index is 354. The lowest BCUT2D eigenvalue weighted by Gasteiger charge is -2.14. The summed E-state index contributed by atoms with van der Waals surface area (Å²) in [5, 5.41) is 11.2. The highest BCUT2D eigenvalue weighted by Crippen LogP contribution is 2.27. The summed E-state index contributed by atoms with van der Waals surface area (Å²) in [6.45, 7) is 1.51. The van der Waals surface area contributed by atoms with E-state index < -0.39 is 4.45 Å². The maximum absolute atomic E-state index is 10.7. The minimum atomic E-state index is -1.15. The summed E-state index contributed by atoms with van der Waals surface area (Å²) in [5.41, 5.74) is 0.769. The van der Waals surface area contributed by atoms with Crippen LogP contribution in [0.2, 0.25) is 5.02 Å². The van der Waals surface area contributed by atoms with Gasteiger partial charge in [0, 0.05) is 32.8 Å². The first-order valence-corrected chi connectivity index (χ1v) is 5.17. The van der Waals surface area contributed by atoms with Gasteiger partial charge < -0.3 is 0 Å². The summed E-state index contributed by atoms with van der Waals surface area (Å²) in [7, 11) is 0. The monoisotopic (exact) mass is 277 g/mol. The molecule has 0 radical (unpaired) electrons. The number of halogens is 2. The largest absolute Gasteiger partial charge is 0.275 e. The van der Waals surface area contributed by atoms with Crippen molar-refractivity contribution in [2.45, 2.75) is 17.8 Å². The molecule has 1 aromatic carbocycles. The summed E-state index contributed by atoms with van der Waals surface area (Å²) < 4.78 is -1.15. The Kier molecular flexibility index (Phi) is 3.50. The van der Waals surface area contributed by atoms with Crippen molar-refractivity contribution in [1.29, 1.82) is 0 Å². The fraction of sp³-hybridized carbons (Fsp3) is 0.333. The smallest absolute Gasteiger partial charge is 0.263 e. The molecule has 0 fully saturated rings. The van der Waals surface area contributed by atoms with Gasteiger partial charge in [0.15, 0.2) is 0 Å². The molecule has 0 amide bonds. The first kappa shape index (κ1) is 11.5. The zero-order valence-electron chi connectivity index (χ0n) is 7.54. The van der Waals surface area contributed by atoms with Crippen LogP contribution in [0.3, 0.4) is 0 Å². The number of nitrogens with zero attached hydrogens (tertiary/aromatic N) is 1. The molecular formula is C9H9BrClNO2. The van der Waals surface area contributed by atoms with Crippen LogP contribution in [-0.4, -0.2) is 9.37 Å².